The number of fused-ring (bicyclic) bond motifs is 1. The van der Waals surface area contributed by atoms with Crippen molar-refractivity contribution >= 4 is 51.6 Å². The average molecular weight is 336 g/mol. The Hall–Kier alpha value is -1.86. The Morgan fingerprint density at radius 1 is 1.50 bits per heavy atom. The molecule has 0 bridgehead atoms. The lowest BCUT2D eigenvalue weighted by molar-refractivity contribution is 0.112. The van der Waals surface area contributed by atoms with Crippen LogP contribution in [0.3, 0.4) is 0 Å². The highest BCUT2D eigenvalue weighted by atomic mass is 32.2. The van der Waals surface area contributed by atoms with Gasteiger partial charge in [0.1, 0.15) is 4.83 Å². The molecule has 118 valence electrons. The van der Waals surface area contributed by atoms with Crippen molar-refractivity contribution in [3.05, 3.63) is 34.7 Å². The van der Waals surface area contributed by atoms with Gasteiger partial charge in [0, 0.05) is 31.4 Å². The van der Waals surface area contributed by atoms with Gasteiger partial charge in [0.25, 0.3) is 0 Å². The van der Waals surface area contributed by atoms with Crippen molar-refractivity contribution in [3.8, 4) is 0 Å². The summed E-state index contributed by atoms with van der Waals surface area (Å²) in [5.74, 6) is 0. The number of thiophene rings is 1. The number of aldehydes is 1. The number of carbonyl (C=O) groups is 1. The van der Waals surface area contributed by atoms with Crippen molar-refractivity contribution in [1.82, 2.24) is 4.98 Å². The van der Waals surface area contributed by atoms with Crippen LogP contribution >= 0.6 is 23.1 Å². The maximum absolute atomic E-state index is 10.6. The van der Waals surface area contributed by atoms with Gasteiger partial charge < -0.3 is 10.6 Å². The zero-order chi connectivity index (χ0) is 16.4. The van der Waals surface area contributed by atoms with E-state index in [1.807, 2.05) is 48.9 Å². The molecule has 0 spiro atoms. The number of rotatable bonds is 5. The molecule has 0 saturated carbocycles. The van der Waals surface area contributed by atoms with Crippen LogP contribution in [-0.2, 0) is 0 Å². The minimum absolute atomic E-state index is 0.692. The number of thioether (sulfide) groups is 1. The normalized spacial score (nSPS) is 10.9. The van der Waals surface area contributed by atoms with E-state index < -0.39 is 0 Å². The predicted molar refractivity (Wildman–Crippen MR) is 99.5 cm³/mol. The minimum Gasteiger partial charge on any atom is -0.390 e. The molecule has 0 aliphatic rings. The van der Waals surface area contributed by atoms with E-state index >= 15 is 0 Å². The molecule has 2 heterocycles. The lowest BCUT2D eigenvalue weighted by Crippen LogP contribution is -2.08. The summed E-state index contributed by atoms with van der Waals surface area (Å²) in [6, 6.07) is 3.83. The van der Waals surface area contributed by atoms with Crippen LogP contribution in [-0.4, -0.2) is 44.5 Å². The van der Waals surface area contributed by atoms with E-state index in [0.717, 1.165) is 27.1 Å². The molecule has 0 saturated heterocycles. The summed E-state index contributed by atoms with van der Waals surface area (Å²) in [5.41, 5.74) is 6.08. The van der Waals surface area contributed by atoms with E-state index in [2.05, 4.69) is 9.98 Å². The Morgan fingerprint density at radius 3 is 2.86 bits per heavy atom. The number of aromatic nitrogens is 1. The molecule has 0 fully saturated rings. The molecule has 0 aliphatic carbocycles. The molecule has 22 heavy (non-hydrogen) atoms. The Labute approximate surface area is 138 Å². The lowest BCUT2D eigenvalue weighted by atomic mass is 10.2. The van der Waals surface area contributed by atoms with Crippen molar-refractivity contribution < 1.29 is 4.79 Å². The van der Waals surface area contributed by atoms with Crippen LogP contribution < -0.4 is 10.6 Å². The van der Waals surface area contributed by atoms with Gasteiger partial charge in [-0.15, -0.1) is 23.1 Å². The van der Waals surface area contributed by atoms with Gasteiger partial charge in [-0.1, -0.05) is 6.08 Å². The van der Waals surface area contributed by atoms with Gasteiger partial charge in [0.2, 0.25) is 0 Å². The van der Waals surface area contributed by atoms with Gasteiger partial charge in [-0.3, -0.25) is 9.79 Å². The maximum Gasteiger partial charge on any atom is 0.160 e. The van der Waals surface area contributed by atoms with Crippen LogP contribution in [0.15, 0.2) is 34.8 Å². The number of nitrogens with two attached hydrogens (primary N) is 1. The number of nitrogens with zero attached hydrogens (tertiary/aromatic N) is 3. The van der Waals surface area contributed by atoms with Gasteiger partial charge in [-0.25, -0.2) is 4.98 Å². The molecule has 2 aromatic rings. The first-order valence-corrected chi connectivity index (χ1v) is 8.63. The zero-order valence-electron chi connectivity index (χ0n) is 12.9. The second-order valence-corrected chi connectivity index (χ2v) is 6.14. The van der Waals surface area contributed by atoms with E-state index in [0.29, 0.717) is 6.54 Å². The quantitative estimate of drug-likeness (QED) is 0.516. The van der Waals surface area contributed by atoms with Crippen LogP contribution in [0.4, 0.5) is 5.69 Å². The molecule has 2 aromatic heterocycles. The maximum atomic E-state index is 10.6. The van der Waals surface area contributed by atoms with Crippen LogP contribution in [0.2, 0.25) is 0 Å². The summed E-state index contributed by atoms with van der Waals surface area (Å²) in [4.78, 5) is 22.3. The van der Waals surface area contributed by atoms with E-state index in [4.69, 9.17) is 5.73 Å². The van der Waals surface area contributed by atoms with Crippen LogP contribution in [0.5, 0.6) is 0 Å². The summed E-state index contributed by atoms with van der Waals surface area (Å²) in [6.07, 6.45) is 7.90. The summed E-state index contributed by atoms with van der Waals surface area (Å²) in [5, 5.41) is 3.03. The molecular formula is C15H20N4OS2. The molecule has 7 heteroatoms. The van der Waals surface area contributed by atoms with Gasteiger partial charge in [-0.2, -0.15) is 0 Å². The molecular weight excluding hydrogens is 316 g/mol. The molecule has 0 unspecified atom stereocenters. The van der Waals surface area contributed by atoms with Crippen LogP contribution in [0, 0.1) is 0 Å². The second-order valence-electron chi connectivity index (χ2n) is 4.33. The first-order chi connectivity index (χ1) is 10.6. The van der Waals surface area contributed by atoms with E-state index in [-0.39, 0.29) is 0 Å². The number of anilines is 1. The van der Waals surface area contributed by atoms with E-state index in [9.17, 15) is 4.79 Å². The monoisotopic (exact) mass is 336 g/mol. The van der Waals surface area contributed by atoms with Crippen molar-refractivity contribution in [2.24, 2.45) is 10.7 Å². The summed E-state index contributed by atoms with van der Waals surface area (Å²) in [6.45, 7) is 0.692. The summed E-state index contributed by atoms with van der Waals surface area (Å²) >= 11 is 3.08. The minimum atomic E-state index is 0.692. The molecule has 2 N–H and O–H groups in total. The van der Waals surface area contributed by atoms with Gasteiger partial charge >= 0.3 is 0 Å². The molecule has 2 rings (SSSR count). The molecule has 0 atom stereocenters. The number of hydrogen-bond acceptors (Lipinski definition) is 6. The number of aliphatic imine (C=N–C) groups is 1. The first-order valence-electron chi connectivity index (χ1n) is 6.53. The van der Waals surface area contributed by atoms with Crippen LogP contribution in [0.25, 0.3) is 10.2 Å². The van der Waals surface area contributed by atoms with Crippen LogP contribution in [0.1, 0.15) is 9.67 Å². The Bertz CT molecular complexity index is 650. The Kier molecular flexibility index (Phi) is 8.24. The third-order valence-electron chi connectivity index (χ3n) is 2.58. The van der Waals surface area contributed by atoms with Crippen molar-refractivity contribution in [1.29, 1.82) is 0 Å². The summed E-state index contributed by atoms with van der Waals surface area (Å²) in [7, 11) is 3.96. The second kappa shape index (κ2) is 9.97. The highest BCUT2D eigenvalue weighted by molar-refractivity contribution is 8.01. The molecule has 0 aliphatic heterocycles. The average Bonchev–Trinajstić information content (AvgIpc) is 2.95. The lowest BCUT2D eigenvalue weighted by Gasteiger charge is -2.12. The van der Waals surface area contributed by atoms with Crippen molar-refractivity contribution in [2.45, 2.75) is 0 Å². The smallest absolute Gasteiger partial charge is 0.160 e. The zero-order valence-corrected chi connectivity index (χ0v) is 14.5. The molecule has 0 aromatic carbocycles. The van der Waals surface area contributed by atoms with Crippen molar-refractivity contribution in [2.75, 3.05) is 31.8 Å². The van der Waals surface area contributed by atoms with E-state index in [1.54, 1.807) is 18.0 Å². The first kappa shape index (κ1) is 18.2. The third-order valence-corrected chi connectivity index (χ3v) is 4.01. The Balaban J connectivity index is 0.000000261. The highest BCUT2D eigenvalue weighted by Gasteiger charge is 2.07. The molecule has 5 nitrogen and oxygen atoms in total. The molecule has 0 amide bonds. The predicted octanol–water partition coefficient (Wildman–Crippen LogP) is 3.02. The number of pyridine rings is 1. The number of hydrogen-bond donors (Lipinski definition) is 1. The summed E-state index contributed by atoms with van der Waals surface area (Å²) < 4.78 is 0. The SMILES string of the molecule is CN(C)c1ccnc2sc(C=O)cc12.CS/C=C\CN=CN. The molecule has 0 radical (unpaired) electrons. The topological polar surface area (TPSA) is 71.6 Å². The van der Waals surface area contributed by atoms with E-state index in [1.165, 1.54) is 17.7 Å². The van der Waals surface area contributed by atoms with Crippen molar-refractivity contribution in [3.63, 3.8) is 0 Å². The standard InChI is InChI=1S/C10H10N2OS.C5H10N2S/c1-12(2)9-3-4-11-10-8(9)5-7(6-13)14-10;1-8-4-2-3-7-5-6/h3-6H,1-2H3;2,4-5H,3H2,1H3,(H2,6,7)/b;4-2-. The largest absolute Gasteiger partial charge is 0.390 e. The fourth-order valence-electron chi connectivity index (χ4n) is 1.65. The van der Waals surface area contributed by atoms with Gasteiger partial charge in [-0.05, 0) is 23.8 Å². The van der Waals surface area contributed by atoms with Gasteiger partial charge in [0.05, 0.1) is 17.8 Å². The third kappa shape index (κ3) is 5.50. The fourth-order valence-corrected chi connectivity index (χ4v) is 2.77. The Morgan fingerprint density at radius 2 is 2.27 bits per heavy atom. The van der Waals surface area contributed by atoms with Gasteiger partial charge in [0.15, 0.2) is 6.29 Å². The number of carbonyl (C=O) groups excluding carboxylic acids is 1. The highest BCUT2D eigenvalue weighted by Crippen LogP contribution is 2.29. The fraction of sp³-hybridized carbons (Fsp3) is 0.267.